The van der Waals surface area contributed by atoms with Crippen LogP contribution >= 0.6 is 23.2 Å². The van der Waals surface area contributed by atoms with Gasteiger partial charge in [-0.1, -0.05) is 35.3 Å². The minimum Gasteiger partial charge on any atom is -0.496 e. The molecule has 0 bridgehead atoms. The van der Waals surface area contributed by atoms with Crippen molar-refractivity contribution < 1.29 is 19.1 Å². The molecule has 0 saturated heterocycles. The fourth-order valence-electron chi connectivity index (χ4n) is 2.07. The number of carbonyl (C=O) groups excluding carboxylic acids is 2. The van der Waals surface area contributed by atoms with Crippen LogP contribution in [-0.2, 0) is 16.1 Å². The number of esters is 1. The first-order valence-corrected chi connectivity index (χ1v) is 8.18. The third-order valence-electron chi connectivity index (χ3n) is 3.47. The van der Waals surface area contributed by atoms with Crippen molar-refractivity contribution in [3.63, 3.8) is 0 Å². The van der Waals surface area contributed by atoms with E-state index in [-0.39, 0.29) is 13.2 Å². The fourth-order valence-corrected chi connectivity index (χ4v) is 2.55. The van der Waals surface area contributed by atoms with E-state index in [1.165, 1.54) is 7.11 Å². The van der Waals surface area contributed by atoms with E-state index in [0.29, 0.717) is 26.9 Å². The van der Waals surface area contributed by atoms with E-state index < -0.39 is 11.9 Å². The van der Waals surface area contributed by atoms with Gasteiger partial charge in [0.25, 0.3) is 5.91 Å². The predicted molar refractivity (Wildman–Crippen MR) is 96.3 cm³/mol. The molecule has 2 aromatic carbocycles. The van der Waals surface area contributed by atoms with Crippen molar-refractivity contribution in [1.29, 1.82) is 0 Å². The highest BCUT2D eigenvalue weighted by atomic mass is 35.5. The molecule has 0 fully saturated rings. The number of hydrogen-bond acceptors (Lipinski definition) is 4. The highest BCUT2D eigenvalue weighted by Gasteiger charge is 2.12. The van der Waals surface area contributed by atoms with E-state index in [9.17, 15) is 9.59 Å². The first kappa shape index (κ1) is 19.1. The van der Waals surface area contributed by atoms with Crippen molar-refractivity contribution in [1.82, 2.24) is 5.32 Å². The Kier molecular flexibility index (Phi) is 6.67. The normalized spacial score (nSPS) is 10.2. The Morgan fingerprint density at radius 1 is 1.12 bits per heavy atom. The van der Waals surface area contributed by atoms with Crippen LogP contribution in [-0.4, -0.2) is 25.6 Å². The summed E-state index contributed by atoms with van der Waals surface area (Å²) in [4.78, 5) is 23.8. The summed E-state index contributed by atoms with van der Waals surface area (Å²) in [5.41, 5.74) is 1.93. The molecular formula is C18H17Cl2NO4. The van der Waals surface area contributed by atoms with Crippen molar-refractivity contribution in [2.75, 3.05) is 13.7 Å². The van der Waals surface area contributed by atoms with Crippen LogP contribution in [0.25, 0.3) is 0 Å². The summed E-state index contributed by atoms with van der Waals surface area (Å²) in [5, 5.41) is 3.60. The van der Waals surface area contributed by atoms with Gasteiger partial charge in [-0.25, -0.2) is 4.79 Å². The molecule has 7 heteroatoms. The summed E-state index contributed by atoms with van der Waals surface area (Å²) in [5.74, 6) is -0.451. The van der Waals surface area contributed by atoms with Gasteiger partial charge in [0.05, 0.1) is 12.7 Å². The van der Waals surface area contributed by atoms with Gasteiger partial charge in [0.15, 0.2) is 6.61 Å². The lowest BCUT2D eigenvalue weighted by atomic mass is 10.1. The Balaban J connectivity index is 1.86. The van der Waals surface area contributed by atoms with Crippen LogP contribution < -0.4 is 10.1 Å². The predicted octanol–water partition coefficient (Wildman–Crippen LogP) is 3.78. The van der Waals surface area contributed by atoms with Gasteiger partial charge in [-0.3, -0.25) is 4.79 Å². The van der Waals surface area contributed by atoms with Crippen LogP contribution in [0.2, 0.25) is 10.0 Å². The van der Waals surface area contributed by atoms with Gasteiger partial charge >= 0.3 is 5.97 Å². The molecule has 0 heterocycles. The zero-order valence-electron chi connectivity index (χ0n) is 13.8. The van der Waals surface area contributed by atoms with Gasteiger partial charge < -0.3 is 14.8 Å². The maximum absolute atomic E-state index is 12.0. The fraction of sp³-hybridized carbons (Fsp3) is 0.222. The Bertz CT molecular complexity index is 793. The molecule has 1 N–H and O–H groups in total. The smallest absolute Gasteiger partial charge is 0.338 e. The minimum atomic E-state index is -0.599. The molecule has 1 amide bonds. The maximum Gasteiger partial charge on any atom is 0.338 e. The quantitative estimate of drug-likeness (QED) is 0.773. The van der Waals surface area contributed by atoms with Gasteiger partial charge in [-0.2, -0.15) is 0 Å². The van der Waals surface area contributed by atoms with E-state index in [4.69, 9.17) is 32.7 Å². The number of hydrogen-bond donors (Lipinski definition) is 1. The van der Waals surface area contributed by atoms with Gasteiger partial charge in [0.2, 0.25) is 0 Å². The third-order valence-corrected chi connectivity index (χ3v) is 4.06. The zero-order valence-corrected chi connectivity index (χ0v) is 15.3. The Hall–Kier alpha value is -2.24. The van der Waals surface area contributed by atoms with Gasteiger partial charge in [-0.15, -0.1) is 0 Å². The second-order valence-corrected chi connectivity index (χ2v) is 6.12. The number of ether oxygens (including phenoxy) is 2. The van der Waals surface area contributed by atoms with Crippen LogP contribution in [0, 0.1) is 6.92 Å². The van der Waals surface area contributed by atoms with Crippen molar-refractivity contribution >= 4 is 35.1 Å². The topological polar surface area (TPSA) is 64.6 Å². The average Bonchev–Trinajstić information content (AvgIpc) is 2.59. The molecule has 132 valence electrons. The Labute approximate surface area is 155 Å². The molecule has 0 unspecified atom stereocenters. The van der Waals surface area contributed by atoms with Crippen LogP contribution in [0.1, 0.15) is 21.5 Å². The van der Waals surface area contributed by atoms with Gasteiger partial charge in [0, 0.05) is 16.6 Å². The van der Waals surface area contributed by atoms with E-state index in [0.717, 1.165) is 5.56 Å². The molecule has 0 spiro atoms. The van der Waals surface area contributed by atoms with Crippen LogP contribution in [0.5, 0.6) is 5.75 Å². The average molecular weight is 382 g/mol. The molecule has 5 nitrogen and oxygen atoms in total. The lowest BCUT2D eigenvalue weighted by Gasteiger charge is -2.09. The molecule has 0 aliphatic rings. The molecule has 0 aromatic heterocycles. The van der Waals surface area contributed by atoms with Gasteiger partial charge in [0.1, 0.15) is 5.75 Å². The number of methoxy groups -OCH3 is 1. The largest absolute Gasteiger partial charge is 0.496 e. The van der Waals surface area contributed by atoms with E-state index in [1.807, 2.05) is 6.92 Å². The number of rotatable bonds is 6. The Morgan fingerprint density at radius 2 is 1.88 bits per heavy atom. The van der Waals surface area contributed by atoms with Crippen molar-refractivity contribution in [2.24, 2.45) is 0 Å². The number of aryl methyl sites for hydroxylation is 1. The van der Waals surface area contributed by atoms with Crippen LogP contribution in [0.4, 0.5) is 0 Å². The van der Waals surface area contributed by atoms with Crippen LogP contribution in [0.15, 0.2) is 36.4 Å². The standard InChI is InChI=1S/C18H17Cl2NO4/c1-11-3-4-12(7-16(11)24-2)18(23)25-10-17(22)21-9-13-5-6-14(19)8-15(13)20/h3-8H,9-10H2,1-2H3,(H,21,22). The van der Waals surface area contributed by atoms with E-state index in [2.05, 4.69) is 5.32 Å². The zero-order chi connectivity index (χ0) is 18.4. The monoisotopic (exact) mass is 381 g/mol. The number of carbonyl (C=O) groups is 2. The first-order valence-electron chi connectivity index (χ1n) is 7.43. The highest BCUT2D eigenvalue weighted by Crippen LogP contribution is 2.21. The lowest BCUT2D eigenvalue weighted by molar-refractivity contribution is -0.124. The SMILES string of the molecule is COc1cc(C(=O)OCC(=O)NCc2ccc(Cl)cc2Cl)ccc1C. The van der Waals surface area contributed by atoms with Gasteiger partial charge in [-0.05, 0) is 42.3 Å². The highest BCUT2D eigenvalue weighted by molar-refractivity contribution is 6.35. The molecule has 0 aliphatic carbocycles. The summed E-state index contributed by atoms with van der Waals surface area (Å²) in [6.45, 7) is 1.69. The molecule has 0 radical (unpaired) electrons. The van der Waals surface area contributed by atoms with Crippen molar-refractivity contribution in [2.45, 2.75) is 13.5 Å². The number of amides is 1. The number of benzene rings is 2. The van der Waals surface area contributed by atoms with Crippen molar-refractivity contribution in [3.8, 4) is 5.75 Å². The van der Waals surface area contributed by atoms with Crippen molar-refractivity contribution in [3.05, 3.63) is 63.1 Å². The summed E-state index contributed by atoms with van der Waals surface area (Å²) < 4.78 is 10.2. The molecule has 0 aliphatic heterocycles. The summed E-state index contributed by atoms with van der Waals surface area (Å²) in [6.07, 6.45) is 0. The first-order chi connectivity index (χ1) is 11.9. The summed E-state index contributed by atoms with van der Waals surface area (Å²) >= 11 is 11.8. The Morgan fingerprint density at radius 3 is 2.56 bits per heavy atom. The minimum absolute atomic E-state index is 0.213. The third kappa shape index (κ3) is 5.37. The molecule has 25 heavy (non-hydrogen) atoms. The molecule has 0 saturated carbocycles. The number of halogens is 2. The summed E-state index contributed by atoms with van der Waals surface area (Å²) in [7, 11) is 1.52. The summed E-state index contributed by atoms with van der Waals surface area (Å²) in [6, 6.07) is 9.93. The maximum atomic E-state index is 12.0. The second kappa shape index (κ2) is 8.74. The molecule has 0 atom stereocenters. The second-order valence-electron chi connectivity index (χ2n) is 5.27. The number of nitrogens with one attached hydrogen (secondary N) is 1. The van der Waals surface area contributed by atoms with E-state index in [1.54, 1.807) is 36.4 Å². The van der Waals surface area contributed by atoms with Crippen LogP contribution in [0.3, 0.4) is 0 Å². The molecule has 2 aromatic rings. The molecule has 2 rings (SSSR count). The van der Waals surface area contributed by atoms with E-state index >= 15 is 0 Å². The molecular weight excluding hydrogens is 365 g/mol. The lowest BCUT2D eigenvalue weighted by Crippen LogP contribution is -2.28.